The molecule has 0 atom stereocenters. The van der Waals surface area contributed by atoms with Crippen LogP contribution in [0, 0.1) is 19.7 Å². The minimum atomic E-state index is -0.303. The highest BCUT2D eigenvalue weighted by Crippen LogP contribution is 2.23. The Morgan fingerprint density at radius 1 is 1.12 bits per heavy atom. The van der Waals surface area contributed by atoms with Gasteiger partial charge in [-0.3, -0.25) is 0 Å². The summed E-state index contributed by atoms with van der Waals surface area (Å²) in [6.07, 6.45) is 0. The van der Waals surface area contributed by atoms with Crippen molar-refractivity contribution in [3.05, 3.63) is 41.5 Å². The number of aryl methyl sites for hydroxylation is 2. The van der Waals surface area contributed by atoms with Crippen molar-refractivity contribution in [2.45, 2.75) is 13.8 Å². The van der Waals surface area contributed by atoms with Crippen molar-refractivity contribution in [3.63, 3.8) is 0 Å². The summed E-state index contributed by atoms with van der Waals surface area (Å²) in [4.78, 5) is 8.13. The number of benzene rings is 1. The molecule has 0 aliphatic rings. The number of hydrogen-bond donors (Lipinski definition) is 1. The van der Waals surface area contributed by atoms with Gasteiger partial charge in [0.25, 0.3) is 0 Å². The van der Waals surface area contributed by atoms with Crippen LogP contribution in [-0.4, -0.2) is 9.97 Å². The van der Waals surface area contributed by atoms with Gasteiger partial charge in [-0.25, -0.2) is 14.4 Å². The van der Waals surface area contributed by atoms with Crippen LogP contribution < -0.4 is 5.73 Å². The lowest BCUT2D eigenvalue weighted by atomic mass is 10.1. The fraction of sp³-hybridized carbons (Fsp3) is 0.167. The Hall–Kier alpha value is -1.97. The zero-order chi connectivity index (χ0) is 11.7. The van der Waals surface area contributed by atoms with Crippen LogP contribution in [0.1, 0.15) is 11.4 Å². The molecule has 4 heteroatoms. The van der Waals surface area contributed by atoms with Crippen LogP contribution in [0.3, 0.4) is 0 Å². The second-order valence-electron chi connectivity index (χ2n) is 3.71. The van der Waals surface area contributed by atoms with Crippen LogP contribution in [0.25, 0.3) is 11.3 Å². The zero-order valence-electron chi connectivity index (χ0n) is 9.16. The van der Waals surface area contributed by atoms with Gasteiger partial charge in [-0.15, -0.1) is 0 Å². The van der Waals surface area contributed by atoms with E-state index in [1.165, 1.54) is 6.07 Å². The van der Waals surface area contributed by atoms with Gasteiger partial charge in [-0.1, -0.05) is 11.6 Å². The normalized spacial score (nSPS) is 10.4. The Morgan fingerprint density at radius 2 is 1.88 bits per heavy atom. The van der Waals surface area contributed by atoms with Gasteiger partial charge < -0.3 is 5.73 Å². The third-order valence-corrected chi connectivity index (χ3v) is 2.26. The summed E-state index contributed by atoms with van der Waals surface area (Å²) in [5.41, 5.74) is 7.56. The van der Waals surface area contributed by atoms with Crippen molar-refractivity contribution in [1.82, 2.24) is 9.97 Å². The van der Waals surface area contributed by atoms with E-state index in [9.17, 15) is 4.39 Å². The molecule has 1 aromatic carbocycles. The zero-order valence-corrected chi connectivity index (χ0v) is 9.16. The first-order valence-electron chi connectivity index (χ1n) is 4.94. The maximum absolute atomic E-state index is 13.6. The van der Waals surface area contributed by atoms with Crippen LogP contribution in [0.15, 0.2) is 24.3 Å². The van der Waals surface area contributed by atoms with Crippen molar-refractivity contribution in [2.75, 3.05) is 5.73 Å². The number of hydrogen-bond acceptors (Lipinski definition) is 3. The molecule has 0 bridgehead atoms. The second-order valence-corrected chi connectivity index (χ2v) is 3.71. The SMILES string of the molecule is Cc1ccc(F)c(-c2cc(N)nc(C)n2)c1. The highest BCUT2D eigenvalue weighted by molar-refractivity contribution is 5.63. The number of rotatable bonds is 1. The highest BCUT2D eigenvalue weighted by atomic mass is 19.1. The van der Waals surface area contributed by atoms with E-state index in [1.54, 1.807) is 25.1 Å². The first-order valence-corrected chi connectivity index (χ1v) is 4.94. The molecule has 2 aromatic rings. The van der Waals surface area contributed by atoms with Gasteiger partial charge in [0.2, 0.25) is 0 Å². The molecule has 3 nitrogen and oxygen atoms in total. The standard InChI is InChI=1S/C12H12FN3/c1-7-3-4-10(13)9(5-7)11-6-12(14)16-8(2)15-11/h3-6H,1-2H3,(H2,14,15,16). The van der Waals surface area contributed by atoms with Crippen LogP contribution in [0.5, 0.6) is 0 Å². The Kier molecular flexibility index (Phi) is 2.56. The topological polar surface area (TPSA) is 51.8 Å². The number of halogens is 1. The molecule has 0 spiro atoms. The van der Waals surface area contributed by atoms with Crippen LogP contribution in [0.4, 0.5) is 10.2 Å². The van der Waals surface area contributed by atoms with Crippen molar-refractivity contribution >= 4 is 5.82 Å². The minimum absolute atomic E-state index is 0.303. The van der Waals surface area contributed by atoms with E-state index in [0.29, 0.717) is 22.9 Å². The molecule has 82 valence electrons. The first-order chi connectivity index (χ1) is 7.56. The molecule has 0 radical (unpaired) electrons. The van der Waals surface area contributed by atoms with Crippen LogP contribution in [0.2, 0.25) is 0 Å². The lowest BCUT2D eigenvalue weighted by Gasteiger charge is -2.05. The maximum Gasteiger partial charge on any atom is 0.132 e. The van der Waals surface area contributed by atoms with E-state index < -0.39 is 0 Å². The number of anilines is 1. The van der Waals surface area contributed by atoms with Crippen LogP contribution >= 0.6 is 0 Å². The Labute approximate surface area is 93.2 Å². The molecule has 0 amide bonds. The Bertz CT molecular complexity index is 518. The average molecular weight is 217 g/mol. The van der Waals surface area contributed by atoms with Crippen molar-refractivity contribution in [2.24, 2.45) is 0 Å². The average Bonchev–Trinajstić information content (AvgIpc) is 2.20. The minimum Gasteiger partial charge on any atom is -0.384 e. The monoisotopic (exact) mass is 217 g/mol. The summed E-state index contributed by atoms with van der Waals surface area (Å²) >= 11 is 0. The smallest absolute Gasteiger partial charge is 0.132 e. The summed E-state index contributed by atoms with van der Waals surface area (Å²) in [7, 11) is 0. The number of nitrogens with zero attached hydrogens (tertiary/aromatic N) is 2. The largest absolute Gasteiger partial charge is 0.384 e. The maximum atomic E-state index is 13.6. The molecule has 0 saturated heterocycles. The van der Waals surface area contributed by atoms with Gasteiger partial charge in [-0.2, -0.15) is 0 Å². The quantitative estimate of drug-likeness (QED) is 0.798. The number of nitrogens with two attached hydrogens (primary N) is 1. The van der Waals surface area contributed by atoms with Gasteiger partial charge in [0.1, 0.15) is 17.5 Å². The lowest BCUT2D eigenvalue weighted by molar-refractivity contribution is 0.630. The van der Waals surface area contributed by atoms with E-state index in [-0.39, 0.29) is 5.82 Å². The third-order valence-electron chi connectivity index (χ3n) is 2.26. The molecule has 2 rings (SSSR count). The fourth-order valence-corrected chi connectivity index (χ4v) is 1.56. The third kappa shape index (κ3) is 2.00. The molecule has 1 aromatic heterocycles. The molecule has 1 heterocycles. The highest BCUT2D eigenvalue weighted by Gasteiger charge is 2.08. The molecule has 0 aliphatic carbocycles. The van der Waals surface area contributed by atoms with Gasteiger partial charge >= 0.3 is 0 Å². The lowest BCUT2D eigenvalue weighted by Crippen LogP contribution is -1.98. The predicted molar refractivity (Wildman–Crippen MR) is 61.3 cm³/mol. The summed E-state index contributed by atoms with van der Waals surface area (Å²) < 4.78 is 13.6. The van der Waals surface area contributed by atoms with E-state index in [2.05, 4.69) is 9.97 Å². The van der Waals surface area contributed by atoms with Gasteiger partial charge in [0, 0.05) is 11.6 Å². The fourth-order valence-electron chi connectivity index (χ4n) is 1.56. The van der Waals surface area contributed by atoms with E-state index in [1.807, 2.05) is 6.92 Å². The summed E-state index contributed by atoms with van der Waals surface area (Å²) in [6, 6.07) is 6.47. The molecule has 2 N–H and O–H groups in total. The first kappa shape index (κ1) is 10.5. The molecule has 0 fully saturated rings. The van der Waals surface area contributed by atoms with Gasteiger partial charge in [0.05, 0.1) is 5.69 Å². The molecule has 0 saturated carbocycles. The molecular weight excluding hydrogens is 205 g/mol. The Balaban J connectivity index is 2.62. The summed E-state index contributed by atoms with van der Waals surface area (Å²) in [6.45, 7) is 3.63. The molecule has 0 aliphatic heterocycles. The van der Waals surface area contributed by atoms with Gasteiger partial charge in [0.15, 0.2) is 0 Å². The van der Waals surface area contributed by atoms with Crippen LogP contribution in [-0.2, 0) is 0 Å². The van der Waals surface area contributed by atoms with Crippen molar-refractivity contribution in [1.29, 1.82) is 0 Å². The second kappa shape index (κ2) is 3.89. The number of nitrogen functional groups attached to an aromatic ring is 1. The van der Waals surface area contributed by atoms with E-state index >= 15 is 0 Å². The predicted octanol–water partition coefficient (Wildman–Crippen LogP) is 2.48. The molecule has 0 unspecified atom stereocenters. The van der Waals surface area contributed by atoms with E-state index in [4.69, 9.17) is 5.73 Å². The van der Waals surface area contributed by atoms with Gasteiger partial charge in [-0.05, 0) is 26.0 Å². The summed E-state index contributed by atoms with van der Waals surface area (Å²) in [5.74, 6) is 0.586. The number of aromatic nitrogens is 2. The molecular formula is C12H12FN3. The summed E-state index contributed by atoms with van der Waals surface area (Å²) in [5, 5.41) is 0. The Morgan fingerprint density at radius 3 is 2.56 bits per heavy atom. The van der Waals surface area contributed by atoms with E-state index in [0.717, 1.165) is 5.56 Å². The van der Waals surface area contributed by atoms with Crippen molar-refractivity contribution < 1.29 is 4.39 Å². The molecule has 16 heavy (non-hydrogen) atoms. The van der Waals surface area contributed by atoms with Crippen molar-refractivity contribution in [3.8, 4) is 11.3 Å².